The Morgan fingerprint density at radius 3 is 2.17 bits per heavy atom. The van der Waals surface area contributed by atoms with Gasteiger partial charge in [-0.1, -0.05) is 17.7 Å². The lowest BCUT2D eigenvalue weighted by Crippen LogP contribution is -2.38. The van der Waals surface area contributed by atoms with E-state index in [-0.39, 0.29) is 22.9 Å². The fraction of sp³-hybridized carbons (Fsp3) is 0.231. The predicted octanol–water partition coefficient (Wildman–Crippen LogP) is 4.02. The number of rotatable bonds is 10. The molecule has 3 aromatic carbocycles. The summed E-state index contributed by atoms with van der Waals surface area (Å²) < 4.78 is 43.9. The Kier molecular flexibility index (Phi) is 8.55. The van der Waals surface area contributed by atoms with E-state index in [0.717, 1.165) is 9.87 Å². The molecule has 9 nitrogen and oxygen atoms in total. The van der Waals surface area contributed by atoms with Gasteiger partial charge in [0.15, 0.2) is 0 Å². The minimum absolute atomic E-state index is 0.0255. The maximum Gasteiger partial charge on any atom is 0.338 e. The van der Waals surface area contributed by atoms with Crippen LogP contribution in [0.5, 0.6) is 11.5 Å². The number of carbonyl (C=O) groups is 2. The lowest BCUT2D eigenvalue weighted by Gasteiger charge is -2.26. The number of anilines is 2. The van der Waals surface area contributed by atoms with Crippen molar-refractivity contribution in [3.63, 3.8) is 0 Å². The molecule has 3 aromatic rings. The van der Waals surface area contributed by atoms with Gasteiger partial charge in [-0.3, -0.25) is 9.10 Å². The predicted molar refractivity (Wildman–Crippen MR) is 136 cm³/mol. The van der Waals surface area contributed by atoms with Crippen LogP contribution in [0, 0.1) is 6.92 Å². The summed E-state index contributed by atoms with van der Waals surface area (Å²) >= 11 is 0. The highest BCUT2D eigenvalue weighted by atomic mass is 32.2. The number of ether oxygens (including phenoxy) is 3. The third-order valence-corrected chi connectivity index (χ3v) is 7.01. The summed E-state index contributed by atoms with van der Waals surface area (Å²) in [5.74, 6) is -0.379. The van der Waals surface area contributed by atoms with Crippen molar-refractivity contribution >= 4 is 33.3 Å². The van der Waals surface area contributed by atoms with Crippen LogP contribution < -0.4 is 19.1 Å². The molecule has 0 bridgehead atoms. The Labute approximate surface area is 210 Å². The molecule has 190 valence electrons. The Morgan fingerprint density at radius 1 is 0.917 bits per heavy atom. The van der Waals surface area contributed by atoms with Gasteiger partial charge < -0.3 is 19.5 Å². The van der Waals surface area contributed by atoms with Crippen molar-refractivity contribution in [1.82, 2.24) is 0 Å². The summed E-state index contributed by atoms with van der Waals surface area (Å²) in [4.78, 5) is 24.9. The molecule has 0 heterocycles. The average Bonchev–Trinajstić information content (AvgIpc) is 2.87. The van der Waals surface area contributed by atoms with Crippen molar-refractivity contribution < 1.29 is 32.2 Å². The van der Waals surface area contributed by atoms with Crippen molar-refractivity contribution in [2.75, 3.05) is 37.0 Å². The molecule has 1 amide bonds. The average molecular weight is 513 g/mol. The molecule has 0 aliphatic carbocycles. The number of benzene rings is 3. The van der Waals surface area contributed by atoms with Gasteiger partial charge in [-0.15, -0.1) is 0 Å². The van der Waals surface area contributed by atoms with E-state index in [1.54, 1.807) is 31.2 Å². The van der Waals surface area contributed by atoms with Gasteiger partial charge >= 0.3 is 5.97 Å². The van der Waals surface area contributed by atoms with Crippen molar-refractivity contribution in [1.29, 1.82) is 0 Å². The summed E-state index contributed by atoms with van der Waals surface area (Å²) in [5, 5.41) is 2.67. The molecule has 0 saturated carbocycles. The summed E-state index contributed by atoms with van der Waals surface area (Å²) in [7, 11) is -1.26. The third kappa shape index (κ3) is 6.14. The highest BCUT2D eigenvalue weighted by Crippen LogP contribution is 2.35. The van der Waals surface area contributed by atoms with E-state index >= 15 is 0 Å². The van der Waals surface area contributed by atoms with Gasteiger partial charge in [0.1, 0.15) is 18.0 Å². The number of aryl methyl sites for hydroxylation is 1. The fourth-order valence-electron chi connectivity index (χ4n) is 3.36. The minimum atomic E-state index is -4.14. The van der Waals surface area contributed by atoms with E-state index < -0.39 is 28.4 Å². The molecular formula is C26H28N2O7S. The van der Waals surface area contributed by atoms with Gasteiger partial charge in [0.2, 0.25) is 5.91 Å². The highest BCUT2D eigenvalue weighted by Gasteiger charge is 2.30. The Bertz CT molecular complexity index is 1320. The van der Waals surface area contributed by atoms with Gasteiger partial charge in [-0.05, 0) is 62.4 Å². The SMILES string of the molecule is CCOC(=O)c1ccc(NC(=O)CN(c2ccc(OC)cc2OC)S(=O)(=O)c2ccc(C)cc2)cc1. The number of hydrogen-bond donors (Lipinski definition) is 1. The normalized spacial score (nSPS) is 10.9. The monoisotopic (exact) mass is 512 g/mol. The molecule has 10 heteroatoms. The maximum atomic E-state index is 13.6. The molecule has 36 heavy (non-hydrogen) atoms. The first-order valence-electron chi connectivity index (χ1n) is 11.1. The van der Waals surface area contributed by atoms with E-state index in [1.807, 2.05) is 6.92 Å². The molecule has 1 N–H and O–H groups in total. The third-order valence-electron chi connectivity index (χ3n) is 5.23. The first kappa shape index (κ1) is 26.6. The standard InChI is InChI=1S/C26H28N2O7S/c1-5-35-26(30)19-8-10-20(11-9-19)27-25(29)17-28(23-15-12-21(33-3)16-24(23)34-4)36(31,32)22-13-6-18(2)7-14-22/h6-16H,5,17H2,1-4H3,(H,27,29). The molecule has 0 unspecified atom stereocenters. The molecule has 0 fully saturated rings. The molecule has 0 aliphatic rings. The number of carbonyl (C=O) groups excluding carboxylic acids is 2. The summed E-state index contributed by atoms with van der Waals surface area (Å²) in [5.41, 5.74) is 1.79. The van der Waals surface area contributed by atoms with E-state index in [1.165, 1.54) is 56.7 Å². The van der Waals surface area contributed by atoms with Crippen molar-refractivity contribution in [2.24, 2.45) is 0 Å². The molecule has 0 aliphatic heterocycles. The zero-order chi connectivity index (χ0) is 26.3. The van der Waals surface area contributed by atoms with Gasteiger partial charge in [0.25, 0.3) is 10.0 Å². The quantitative estimate of drug-likeness (QED) is 0.409. The zero-order valence-corrected chi connectivity index (χ0v) is 21.3. The van der Waals surface area contributed by atoms with Crippen LogP contribution in [0.1, 0.15) is 22.8 Å². The Hall–Kier alpha value is -4.05. The van der Waals surface area contributed by atoms with Crippen molar-refractivity contribution in [2.45, 2.75) is 18.7 Å². The first-order valence-corrected chi connectivity index (χ1v) is 12.5. The van der Waals surface area contributed by atoms with Crippen molar-refractivity contribution in [3.8, 4) is 11.5 Å². The molecule has 0 spiro atoms. The Morgan fingerprint density at radius 2 is 1.58 bits per heavy atom. The number of sulfonamides is 1. The first-order chi connectivity index (χ1) is 17.2. The lowest BCUT2D eigenvalue weighted by atomic mass is 10.2. The van der Waals surface area contributed by atoms with Gasteiger partial charge in [-0.2, -0.15) is 0 Å². The number of esters is 1. The Balaban J connectivity index is 1.93. The molecule has 0 radical (unpaired) electrons. The topological polar surface area (TPSA) is 111 Å². The molecule has 0 aromatic heterocycles. The maximum absolute atomic E-state index is 13.6. The number of amides is 1. The molecular weight excluding hydrogens is 484 g/mol. The minimum Gasteiger partial charge on any atom is -0.497 e. The second-order valence-corrected chi connectivity index (χ2v) is 9.57. The van der Waals surface area contributed by atoms with Crippen LogP contribution in [0.4, 0.5) is 11.4 Å². The molecule has 0 saturated heterocycles. The zero-order valence-electron chi connectivity index (χ0n) is 20.5. The van der Waals surface area contributed by atoms with E-state index in [0.29, 0.717) is 17.0 Å². The number of hydrogen-bond acceptors (Lipinski definition) is 7. The van der Waals surface area contributed by atoms with Crippen LogP contribution in [0.25, 0.3) is 0 Å². The summed E-state index contributed by atoms with van der Waals surface area (Å²) in [6, 6.07) is 17.1. The fourth-order valence-corrected chi connectivity index (χ4v) is 4.79. The second kappa shape index (κ2) is 11.6. The molecule has 3 rings (SSSR count). The largest absolute Gasteiger partial charge is 0.497 e. The van der Waals surface area contributed by atoms with E-state index in [9.17, 15) is 18.0 Å². The van der Waals surface area contributed by atoms with Crippen LogP contribution in [0.3, 0.4) is 0 Å². The highest BCUT2D eigenvalue weighted by molar-refractivity contribution is 7.92. The number of methoxy groups -OCH3 is 2. The van der Waals surface area contributed by atoms with E-state index in [4.69, 9.17) is 14.2 Å². The van der Waals surface area contributed by atoms with Gasteiger partial charge in [0.05, 0.1) is 37.0 Å². The molecule has 0 atom stereocenters. The smallest absolute Gasteiger partial charge is 0.338 e. The summed E-state index contributed by atoms with van der Waals surface area (Å²) in [6.45, 7) is 3.28. The van der Waals surface area contributed by atoms with Crippen LogP contribution in [-0.4, -0.2) is 47.7 Å². The van der Waals surface area contributed by atoms with Crippen LogP contribution in [0.15, 0.2) is 71.6 Å². The van der Waals surface area contributed by atoms with Gasteiger partial charge in [0, 0.05) is 11.8 Å². The van der Waals surface area contributed by atoms with Crippen LogP contribution >= 0.6 is 0 Å². The second-order valence-electron chi connectivity index (χ2n) is 7.71. The lowest BCUT2D eigenvalue weighted by molar-refractivity contribution is -0.114. The number of nitrogens with zero attached hydrogens (tertiary/aromatic N) is 1. The summed E-state index contributed by atoms with van der Waals surface area (Å²) in [6.07, 6.45) is 0. The van der Waals surface area contributed by atoms with Crippen LogP contribution in [-0.2, 0) is 19.6 Å². The number of nitrogens with one attached hydrogen (secondary N) is 1. The van der Waals surface area contributed by atoms with Crippen molar-refractivity contribution in [3.05, 3.63) is 77.9 Å². The van der Waals surface area contributed by atoms with E-state index in [2.05, 4.69) is 5.32 Å². The van der Waals surface area contributed by atoms with Gasteiger partial charge in [-0.25, -0.2) is 13.2 Å². The van der Waals surface area contributed by atoms with Crippen LogP contribution in [0.2, 0.25) is 0 Å².